The van der Waals surface area contributed by atoms with Crippen LogP contribution in [0.15, 0.2) is 18.3 Å². The number of aryl methyl sites for hydroxylation is 3. The Morgan fingerprint density at radius 1 is 1.17 bits per heavy atom. The molecule has 1 aliphatic heterocycles. The number of aromatic nitrogens is 5. The Balaban J connectivity index is 1.46. The van der Waals surface area contributed by atoms with E-state index in [9.17, 15) is 0 Å². The number of piperidine rings is 1. The highest BCUT2D eigenvalue weighted by molar-refractivity contribution is 5.42. The highest BCUT2D eigenvalue weighted by atomic mass is 15.3. The van der Waals surface area contributed by atoms with Crippen LogP contribution in [0.2, 0.25) is 0 Å². The molecule has 24 heavy (non-hydrogen) atoms. The number of fused-ring (bicyclic) bond motifs is 1. The molecular weight excluding hydrogens is 300 g/mol. The Kier molecular flexibility index (Phi) is 3.84. The smallest absolute Gasteiger partial charge is 0.155 e. The fourth-order valence-electron chi connectivity index (χ4n) is 3.64. The van der Waals surface area contributed by atoms with Crippen molar-refractivity contribution in [3.05, 3.63) is 46.7 Å². The topological polar surface area (TPSA) is 62.1 Å². The maximum atomic E-state index is 4.86. The summed E-state index contributed by atoms with van der Waals surface area (Å²) in [4.78, 5) is 7.38. The lowest BCUT2D eigenvalue weighted by atomic mass is 9.92. The summed E-state index contributed by atoms with van der Waals surface area (Å²) in [7, 11) is 0. The lowest BCUT2D eigenvalue weighted by Gasteiger charge is -2.31. The highest BCUT2D eigenvalue weighted by Gasteiger charge is 2.23. The number of rotatable bonds is 3. The van der Waals surface area contributed by atoms with Gasteiger partial charge in [0, 0.05) is 41.2 Å². The van der Waals surface area contributed by atoms with Crippen molar-refractivity contribution in [3.63, 3.8) is 0 Å². The van der Waals surface area contributed by atoms with Gasteiger partial charge in [0.25, 0.3) is 0 Å². The van der Waals surface area contributed by atoms with E-state index in [0.29, 0.717) is 5.92 Å². The van der Waals surface area contributed by atoms with E-state index in [1.165, 1.54) is 22.6 Å². The minimum Gasteiger partial charge on any atom is -0.299 e. The molecule has 3 aromatic heterocycles. The average Bonchev–Trinajstić information content (AvgIpc) is 3.14. The monoisotopic (exact) mass is 324 g/mol. The van der Waals surface area contributed by atoms with Gasteiger partial charge in [-0.1, -0.05) is 0 Å². The molecule has 0 saturated carbocycles. The zero-order chi connectivity index (χ0) is 16.7. The molecule has 1 saturated heterocycles. The second-order valence-corrected chi connectivity index (χ2v) is 6.95. The lowest BCUT2D eigenvalue weighted by molar-refractivity contribution is 0.203. The number of likely N-dealkylation sites (tertiary alicyclic amines) is 1. The summed E-state index contributed by atoms with van der Waals surface area (Å²) in [6.45, 7) is 9.43. The van der Waals surface area contributed by atoms with Gasteiger partial charge in [0.1, 0.15) is 0 Å². The molecule has 0 aromatic carbocycles. The molecule has 126 valence electrons. The van der Waals surface area contributed by atoms with Crippen LogP contribution in [0.1, 0.15) is 47.1 Å². The molecular formula is C18H24N6. The van der Waals surface area contributed by atoms with Gasteiger partial charge in [-0.05, 0) is 52.8 Å². The normalized spacial score (nSPS) is 17.0. The molecule has 0 amide bonds. The Morgan fingerprint density at radius 2 is 1.96 bits per heavy atom. The number of nitrogens with zero attached hydrogens (tertiary/aromatic N) is 5. The van der Waals surface area contributed by atoms with Crippen LogP contribution in [-0.2, 0) is 6.54 Å². The van der Waals surface area contributed by atoms with Crippen LogP contribution in [0.3, 0.4) is 0 Å². The minimum atomic E-state index is 0.547. The van der Waals surface area contributed by atoms with Crippen LogP contribution in [0.4, 0.5) is 0 Å². The first-order valence-corrected chi connectivity index (χ1v) is 8.65. The van der Waals surface area contributed by atoms with E-state index in [-0.39, 0.29) is 0 Å². The van der Waals surface area contributed by atoms with Crippen LogP contribution in [0, 0.1) is 20.8 Å². The third kappa shape index (κ3) is 2.82. The molecule has 0 aliphatic carbocycles. The van der Waals surface area contributed by atoms with Gasteiger partial charge in [-0.2, -0.15) is 10.2 Å². The van der Waals surface area contributed by atoms with E-state index in [2.05, 4.69) is 46.2 Å². The Labute approximate surface area is 141 Å². The molecule has 1 N–H and O–H groups in total. The fourth-order valence-corrected chi connectivity index (χ4v) is 3.64. The van der Waals surface area contributed by atoms with Crippen molar-refractivity contribution in [2.45, 2.75) is 46.1 Å². The van der Waals surface area contributed by atoms with Crippen molar-refractivity contribution >= 4 is 5.65 Å². The van der Waals surface area contributed by atoms with Crippen molar-refractivity contribution in [2.75, 3.05) is 13.1 Å². The fraction of sp³-hybridized carbons (Fsp3) is 0.500. The third-order valence-electron chi connectivity index (χ3n) is 5.08. The van der Waals surface area contributed by atoms with E-state index >= 15 is 0 Å². The first-order chi connectivity index (χ1) is 11.6. The van der Waals surface area contributed by atoms with Gasteiger partial charge in [-0.15, -0.1) is 0 Å². The molecule has 0 unspecified atom stereocenters. The summed E-state index contributed by atoms with van der Waals surface area (Å²) >= 11 is 0. The van der Waals surface area contributed by atoms with E-state index in [0.717, 1.165) is 43.8 Å². The number of hydrogen-bond acceptors (Lipinski definition) is 4. The van der Waals surface area contributed by atoms with Gasteiger partial charge in [-0.3, -0.25) is 10.00 Å². The molecule has 4 heterocycles. The summed E-state index contributed by atoms with van der Waals surface area (Å²) in [5.74, 6) is 0.547. The van der Waals surface area contributed by atoms with Gasteiger partial charge < -0.3 is 0 Å². The van der Waals surface area contributed by atoms with Crippen LogP contribution in [0.5, 0.6) is 0 Å². The molecule has 6 nitrogen and oxygen atoms in total. The largest absolute Gasteiger partial charge is 0.299 e. The van der Waals surface area contributed by atoms with E-state index < -0.39 is 0 Å². The number of H-pyrrole nitrogens is 1. The van der Waals surface area contributed by atoms with Crippen molar-refractivity contribution < 1.29 is 0 Å². The van der Waals surface area contributed by atoms with Crippen molar-refractivity contribution in [2.24, 2.45) is 0 Å². The van der Waals surface area contributed by atoms with Crippen molar-refractivity contribution in [3.8, 4) is 0 Å². The second-order valence-electron chi connectivity index (χ2n) is 6.95. The lowest BCUT2D eigenvalue weighted by Crippen LogP contribution is -2.32. The maximum absolute atomic E-state index is 4.86. The predicted molar refractivity (Wildman–Crippen MR) is 93.0 cm³/mol. The number of nitrogens with one attached hydrogen (secondary N) is 1. The SMILES string of the molecule is Cc1cc2nc(C3CCN(Cc4cn[nH]c4C)CC3)cc(C)n2n1. The molecule has 4 rings (SSSR count). The van der Waals surface area contributed by atoms with Crippen LogP contribution < -0.4 is 0 Å². The third-order valence-corrected chi connectivity index (χ3v) is 5.08. The molecule has 0 atom stereocenters. The zero-order valence-electron chi connectivity index (χ0n) is 14.6. The Hall–Kier alpha value is -2.21. The van der Waals surface area contributed by atoms with E-state index in [1.807, 2.05) is 17.6 Å². The molecule has 1 aliphatic rings. The Bertz CT molecular complexity index is 854. The average molecular weight is 324 g/mol. The molecule has 1 fully saturated rings. The quantitative estimate of drug-likeness (QED) is 0.805. The molecule has 0 radical (unpaired) electrons. The summed E-state index contributed by atoms with van der Waals surface area (Å²) in [5.41, 5.74) is 6.86. The molecule has 6 heteroatoms. The van der Waals surface area contributed by atoms with E-state index in [4.69, 9.17) is 4.98 Å². The number of hydrogen-bond donors (Lipinski definition) is 1. The van der Waals surface area contributed by atoms with Crippen LogP contribution in [-0.4, -0.2) is 42.8 Å². The van der Waals surface area contributed by atoms with Crippen LogP contribution >= 0.6 is 0 Å². The van der Waals surface area contributed by atoms with Gasteiger partial charge in [0.15, 0.2) is 5.65 Å². The Morgan fingerprint density at radius 3 is 2.67 bits per heavy atom. The van der Waals surface area contributed by atoms with Crippen molar-refractivity contribution in [1.82, 2.24) is 29.7 Å². The second kappa shape index (κ2) is 6.02. The van der Waals surface area contributed by atoms with Crippen molar-refractivity contribution in [1.29, 1.82) is 0 Å². The zero-order valence-corrected chi connectivity index (χ0v) is 14.6. The molecule has 0 spiro atoms. The van der Waals surface area contributed by atoms with E-state index in [1.54, 1.807) is 0 Å². The first kappa shape index (κ1) is 15.3. The standard InChI is InChI=1S/C18H24N6/c1-12-8-18-20-17(9-13(2)24(18)22-12)15-4-6-23(7-5-15)11-16-10-19-21-14(16)3/h8-10,15H,4-7,11H2,1-3H3,(H,19,21). The summed E-state index contributed by atoms with van der Waals surface area (Å²) in [6.07, 6.45) is 4.27. The summed E-state index contributed by atoms with van der Waals surface area (Å²) in [6, 6.07) is 4.27. The summed E-state index contributed by atoms with van der Waals surface area (Å²) < 4.78 is 1.94. The van der Waals surface area contributed by atoms with Gasteiger partial charge in [0.2, 0.25) is 0 Å². The van der Waals surface area contributed by atoms with Gasteiger partial charge in [0.05, 0.1) is 11.9 Å². The highest BCUT2D eigenvalue weighted by Crippen LogP contribution is 2.28. The molecule has 0 bridgehead atoms. The van der Waals surface area contributed by atoms with Crippen LogP contribution in [0.25, 0.3) is 5.65 Å². The predicted octanol–water partition coefficient (Wildman–Crippen LogP) is 2.76. The molecule has 3 aromatic rings. The maximum Gasteiger partial charge on any atom is 0.155 e. The van der Waals surface area contributed by atoms with Gasteiger partial charge in [-0.25, -0.2) is 9.50 Å². The summed E-state index contributed by atoms with van der Waals surface area (Å²) in [5, 5.41) is 11.6. The minimum absolute atomic E-state index is 0.547. The number of aromatic amines is 1. The van der Waals surface area contributed by atoms with Gasteiger partial charge >= 0.3 is 0 Å². The first-order valence-electron chi connectivity index (χ1n) is 8.65.